The van der Waals surface area contributed by atoms with E-state index < -0.39 is 8.56 Å². The molecule has 0 spiro atoms. The minimum Gasteiger partial charge on any atom is -0.398 e. The molecule has 0 heterocycles. The fourth-order valence-corrected chi connectivity index (χ4v) is 2.22. The third kappa shape index (κ3) is 4.00. The Bertz CT molecular complexity index is 73.4. The fourth-order valence-electron chi connectivity index (χ4n) is 0.742. The van der Waals surface area contributed by atoms with E-state index in [0.29, 0.717) is 0 Å². The SMILES string of the molecule is CCC[Si](C)(OC)OC.[O]. The van der Waals surface area contributed by atoms with Gasteiger partial charge in [-0.1, -0.05) is 13.3 Å². The van der Waals surface area contributed by atoms with Crippen molar-refractivity contribution < 1.29 is 14.3 Å². The van der Waals surface area contributed by atoms with E-state index in [1.54, 1.807) is 14.2 Å². The minimum atomic E-state index is -1.70. The molecular formula is C6H16O3Si. The molecule has 4 heteroatoms. The Kier molecular flexibility index (Phi) is 7.46. The summed E-state index contributed by atoms with van der Waals surface area (Å²) in [5, 5.41) is 0. The fraction of sp³-hybridized carbons (Fsp3) is 1.00. The summed E-state index contributed by atoms with van der Waals surface area (Å²) in [7, 11) is 1.76. The van der Waals surface area contributed by atoms with Gasteiger partial charge in [-0.15, -0.1) is 0 Å². The number of hydrogen-bond donors (Lipinski definition) is 0. The van der Waals surface area contributed by atoms with Crippen LogP contribution in [0.15, 0.2) is 0 Å². The first kappa shape index (κ1) is 12.7. The molecule has 3 nitrogen and oxygen atoms in total. The molecule has 0 aliphatic rings. The van der Waals surface area contributed by atoms with Crippen molar-refractivity contribution in [1.29, 1.82) is 0 Å². The van der Waals surface area contributed by atoms with Gasteiger partial charge < -0.3 is 8.85 Å². The molecule has 0 aliphatic heterocycles. The topological polar surface area (TPSA) is 47.0 Å². The van der Waals surface area contributed by atoms with Crippen LogP contribution < -0.4 is 0 Å². The molecule has 0 aromatic rings. The quantitative estimate of drug-likeness (QED) is 0.593. The van der Waals surface area contributed by atoms with Gasteiger partial charge in [0.2, 0.25) is 0 Å². The number of rotatable bonds is 4. The highest BCUT2D eigenvalue weighted by molar-refractivity contribution is 6.65. The van der Waals surface area contributed by atoms with Gasteiger partial charge >= 0.3 is 8.56 Å². The van der Waals surface area contributed by atoms with Crippen LogP contribution in [-0.2, 0) is 14.3 Å². The second-order valence-corrected chi connectivity index (χ2v) is 5.88. The van der Waals surface area contributed by atoms with E-state index in [0.717, 1.165) is 12.5 Å². The molecule has 0 saturated heterocycles. The van der Waals surface area contributed by atoms with E-state index in [2.05, 4.69) is 13.5 Å². The summed E-state index contributed by atoms with van der Waals surface area (Å²) in [4.78, 5) is 0. The van der Waals surface area contributed by atoms with E-state index in [4.69, 9.17) is 8.85 Å². The Balaban J connectivity index is 0. The molecule has 0 bridgehead atoms. The molecule has 0 rings (SSSR count). The second kappa shape index (κ2) is 5.85. The Morgan fingerprint density at radius 1 is 1.20 bits per heavy atom. The monoisotopic (exact) mass is 164 g/mol. The van der Waals surface area contributed by atoms with Crippen LogP contribution in [0, 0.1) is 0 Å². The van der Waals surface area contributed by atoms with Crippen LogP contribution in [-0.4, -0.2) is 22.8 Å². The lowest BCUT2D eigenvalue weighted by Crippen LogP contribution is -2.35. The van der Waals surface area contributed by atoms with Crippen LogP contribution in [0.25, 0.3) is 0 Å². The smallest absolute Gasteiger partial charge is 0.334 e. The van der Waals surface area contributed by atoms with Crippen molar-refractivity contribution in [3.8, 4) is 0 Å². The van der Waals surface area contributed by atoms with Gasteiger partial charge in [0.15, 0.2) is 0 Å². The minimum absolute atomic E-state index is 0. The van der Waals surface area contributed by atoms with Crippen molar-refractivity contribution in [3.05, 3.63) is 0 Å². The average molecular weight is 164 g/mol. The van der Waals surface area contributed by atoms with Gasteiger partial charge in [0.1, 0.15) is 0 Å². The normalized spacial score (nSPS) is 10.8. The van der Waals surface area contributed by atoms with Crippen LogP contribution in [0.3, 0.4) is 0 Å². The van der Waals surface area contributed by atoms with Gasteiger partial charge in [0.05, 0.1) is 0 Å². The van der Waals surface area contributed by atoms with E-state index >= 15 is 0 Å². The zero-order chi connectivity index (χ0) is 7.33. The highest BCUT2D eigenvalue weighted by atomic mass is 28.4. The molecule has 10 heavy (non-hydrogen) atoms. The van der Waals surface area contributed by atoms with E-state index in [9.17, 15) is 0 Å². The van der Waals surface area contributed by atoms with Gasteiger partial charge in [-0.2, -0.15) is 0 Å². The van der Waals surface area contributed by atoms with Crippen LogP contribution in [0.5, 0.6) is 0 Å². The van der Waals surface area contributed by atoms with Crippen molar-refractivity contribution in [3.63, 3.8) is 0 Å². The Labute approximate surface area is 63.9 Å². The molecule has 0 unspecified atom stereocenters. The zero-order valence-corrected chi connectivity index (χ0v) is 8.14. The maximum absolute atomic E-state index is 5.24. The summed E-state index contributed by atoms with van der Waals surface area (Å²) in [6, 6.07) is 1.08. The molecule has 0 aliphatic carbocycles. The van der Waals surface area contributed by atoms with Gasteiger partial charge in [-0.25, -0.2) is 0 Å². The first-order valence-corrected chi connectivity index (χ1v) is 5.81. The average Bonchev–Trinajstić information content (AvgIpc) is 1.89. The summed E-state index contributed by atoms with van der Waals surface area (Å²) < 4.78 is 10.5. The first-order chi connectivity index (χ1) is 4.18. The molecule has 0 fully saturated rings. The lowest BCUT2D eigenvalue weighted by molar-refractivity contribution is 0.249. The van der Waals surface area contributed by atoms with Crippen molar-refractivity contribution in [2.45, 2.75) is 25.9 Å². The highest BCUT2D eigenvalue weighted by Crippen LogP contribution is 2.12. The van der Waals surface area contributed by atoms with Gasteiger partial charge in [0.25, 0.3) is 0 Å². The third-order valence-corrected chi connectivity index (χ3v) is 4.70. The maximum Gasteiger partial charge on any atom is 0.334 e. The molecule has 2 radical (unpaired) electrons. The largest absolute Gasteiger partial charge is 0.398 e. The predicted molar refractivity (Wildman–Crippen MR) is 41.4 cm³/mol. The van der Waals surface area contributed by atoms with E-state index in [-0.39, 0.29) is 5.48 Å². The van der Waals surface area contributed by atoms with Crippen molar-refractivity contribution >= 4 is 8.56 Å². The standard InChI is InChI=1S/C6H16O2Si.O/c1-5-6-9(4,7-2)8-3;/h5-6H2,1-4H3;. The summed E-state index contributed by atoms with van der Waals surface area (Å²) in [6.07, 6.45) is 1.14. The Hall–Kier alpha value is 0.0969. The van der Waals surface area contributed by atoms with Crippen LogP contribution in [0.1, 0.15) is 13.3 Å². The van der Waals surface area contributed by atoms with Gasteiger partial charge in [-0.05, 0) is 12.6 Å². The molecule has 0 N–H and O–H groups in total. The van der Waals surface area contributed by atoms with Crippen LogP contribution in [0.4, 0.5) is 0 Å². The first-order valence-electron chi connectivity index (χ1n) is 3.29. The van der Waals surface area contributed by atoms with E-state index in [1.165, 1.54) is 0 Å². The highest BCUT2D eigenvalue weighted by Gasteiger charge is 2.26. The zero-order valence-electron chi connectivity index (χ0n) is 7.14. The molecule has 0 aromatic carbocycles. The molecule has 0 amide bonds. The van der Waals surface area contributed by atoms with Crippen LogP contribution in [0.2, 0.25) is 12.6 Å². The molecule has 0 aromatic heterocycles. The van der Waals surface area contributed by atoms with Crippen molar-refractivity contribution in [1.82, 2.24) is 0 Å². The maximum atomic E-state index is 5.24. The second-order valence-electron chi connectivity index (χ2n) is 2.29. The Morgan fingerprint density at radius 3 is 1.70 bits per heavy atom. The number of hydrogen-bond acceptors (Lipinski definition) is 2. The summed E-state index contributed by atoms with van der Waals surface area (Å²) in [5.41, 5.74) is 0. The lowest BCUT2D eigenvalue weighted by Gasteiger charge is -2.21. The summed E-state index contributed by atoms with van der Waals surface area (Å²) in [6.45, 7) is 4.22. The van der Waals surface area contributed by atoms with Crippen molar-refractivity contribution in [2.75, 3.05) is 14.2 Å². The van der Waals surface area contributed by atoms with Gasteiger partial charge in [-0.3, -0.25) is 0 Å². The predicted octanol–water partition coefficient (Wildman–Crippen LogP) is 1.64. The third-order valence-electron chi connectivity index (χ3n) is 1.57. The summed E-state index contributed by atoms with van der Waals surface area (Å²) >= 11 is 0. The van der Waals surface area contributed by atoms with Crippen molar-refractivity contribution in [2.24, 2.45) is 0 Å². The molecular weight excluding hydrogens is 148 g/mol. The molecule has 62 valence electrons. The summed E-state index contributed by atoms with van der Waals surface area (Å²) in [5.74, 6) is 0. The lowest BCUT2D eigenvalue weighted by atomic mass is 10.6. The molecule has 0 saturated carbocycles. The Morgan fingerprint density at radius 2 is 1.60 bits per heavy atom. The molecule has 0 atom stereocenters. The van der Waals surface area contributed by atoms with E-state index in [1.807, 2.05) is 0 Å². The van der Waals surface area contributed by atoms with Gasteiger partial charge in [0, 0.05) is 19.7 Å². The van der Waals surface area contributed by atoms with Crippen LogP contribution >= 0.6 is 0 Å².